The molecule has 2 heterocycles. The first-order valence-electron chi connectivity index (χ1n) is 9.52. The second-order valence-corrected chi connectivity index (χ2v) is 7.73. The molecule has 1 saturated heterocycles. The van der Waals surface area contributed by atoms with E-state index in [1.54, 1.807) is 6.20 Å². The number of nitrogens with zero attached hydrogens (tertiary/aromatic N) is 3. The van der Waals surface area contributed by atoms with Crippen molar-refractivity contribution >= 4 is 28.9 Å². The predicted molar refractivity (Wildman–Crippen MR) is 112 cm³/mol. The number of anilines is 2. The minimum absolute atomic E-state index is 0.00625. The van der Waals surface area contributed by atoms with E-state index in [0.29, 0.717) is 24.7 Å². The summed E-state index contributed by atoms with van der Waals surface area (Å²) >= 11 is 6.09. The maximum absolute atomic E-state index is 12.8. The molecule has 3 rings (SSSR count). The largest absolute Gasteiger partial charge is 0.385 e. The second kappa shape index (κ2) is 9.09. The van der Waals surface area contributed by atoms with Gasteiger partial charge in [0.2, 0.25) is 0 Å². The molecule has 0 spiro atoms. The monoisotopic (exact) mass is 386 g/mol. The number of carbonyl (C=O) groups excluding carboxylic acids is 1. The zero-order valence-corrected chi connectivity index (χ0v) is 16.7. The Balaban J connectivity index is 1.57. The van der Waals surface area contributed by atoms with Gasteiger partial charge in [-0.25, -0.2) is 0 Å². The summed E-state index contributed by atoms with van der Waals surface area (Å²) in [6, 6.07) is 11.6. The lowest BCUT2D eigenvalue weighted by Crippen LogP contribution is -2.49. The SMILES string of the molecule is CC(C)CCNc1ccnc(C(=O)N2CCN(c3cccc(Cl)c3)CC2)c1. The lowest BCUT2D eigenvalue weighted by atomic mass is 10.1. The van der Waals surface area contributed by atoms with Gasteiger partial charge in [-0.1, -0.05) is 31.5 Å². The summed E-state index contributed by atoms with van der Waals surface area (Å²) in [7, 11) is 0. The number of aromatic nitrogens is 1. The van der Waals surface area contributed by atoms with Crippen LogP contribution in [0.4, 0.5) is 11.4 Å². The topological polar surface area (TPSA) is 48.5 Å². The van der Waals surface area contributed by atoms with Crippen LogP contribution in [0.1, 0.15) is 30.8 Å². The van der Waals surface area contributed by atoms with Gasteiger partial charge in [0.25, 0.3) is 5.91 Å². The lowest BCUT2D eigenvalue weighted by Gasteiger charge is -2.36. The second-order valence-electron chi connectivity index (χ2n) is 7.30. The van der Waals surface area contributed by atoms with Crippen molar-refractivity contribution in [3.63, 3.8) is 0 Å². The zero-order valence-electron chi connectivity index (χ0n) is 16.0. The number of piperazine rings is 1. The van der Waals surface area contributed by atoms with E-state index in [2.05, 4.69) is 35.1 Å². The van der Waals surface area contributed by atoms with Crippen molar-refractivity contribution in [1.29, 1.82) is 0 Å². The van der Waals surface area contributed by atoms with Gasteiger partial charge < -0.3 is 15.1 Å². The molecule has 0 aliphatic carbocycles. The van der Waals surface area contributed by atoms with E-state index in [9.17, 15) is 4.79 Å². The molecule has 0 radical (unpaired) electrons. The van der Waals surface area contributed by atoms with Gasteiger partial charge in [-0.3, -0.25) is 9.78 Å². The Morgan fingerprint density at radius 2 is 1.96 bits per heavy atom. The van der Waals surface area contributed by atoms with Crippen LogP contribution in [0.25, 0.3) is 0 Å². The Kier molecular flexibility index (Phi) is 6.56. The summed E-state index contributed by atoms with van der Waals surface area (Å²) in [6.45, 7) is 8.24. The third-order valence-corrected chi connectivity index (χ3v) is 5.01. The first kappa shape index (κ1) is 19.5. The average Bonchev–Trinajstić information content (AvgIpc) is 2.67. The minimum atomic E-state index is -0.00625. The van der Waals surface area contributed by atoms with Gasteiger partial charge in [-0.05, 0) is 42.7 Å². The molecule has 6 heteroatoms. The third-order valence-electron chi connectivity index (χ3n) is 4.77. The van der Waals surface area contributed by atoms with Crippen molar-refractivity contribution in [3.05, 3.63) is 53.3 Å². The van der Waals surface area contributed by atoms with Gasteiger partial charge in [0, 0.05) is 55.3 Å². The van der Waals surface area contributed by atoms with Gasteiger partial charge in [0.1, 0.15) is 5.69 Å². The van der Waals surface area contributed by atoms with Crippen LogP contribution in [0, 0.1) is 5.92 Å². The Hall–Kier alpha value is -2.27. The van der Waals surface area contributed by atoms with Crippen LogP contribution in [0.2, 0.25) is 5.02 Å². The molecule has 144 valence electrons. The number of nitrogens with one attached hydrogen (secondary N) is 1. The molecular weight excluding hydrogens is 360 g/mol. The van der Waals surface area contributed by atoms with Gasteiger partial charge in [0.05, 0.1) is 0 Å². The molecule has 0 unspecified atom stereocenters. The van der Waals surface area contributed by atoms with Crippen LogP contribution in [-0.2, 0) is 0 Å². The highest BCUT2D eigenvalue weighted by atomic mass is 35.5. The Labute approximate surface area is 166 Å². The average molecular weight is 387 g/mol. The summed E-state index contributed by atoms with van der Waals surface area (Å²) in [5.74, 6) is 0.643. The molecule has 0 bridgehead atoms. The van der Waals surface area contributed by atoms with Gasteiger partial charge in [-0.2, -0.15) is 0 Å². The maximum atomic E-state index is 12.8. The van der Waals surface area contributed by atoms with E-state index in [-0.39, 0.29) is 5.91 Å². The van der Waals surface area contributed by atoms with Gasteiger partial charge in [0.15, 0.2) is 0 Å². The van der Waals surface area contributed by atoms with Gasteiger partial charge in [-0.15, -0.1) is 0 Å². The number of halogens is 1. The molecule has 1 fully saturated rings. The third kappa shape index (κ3) is 5.36. The predicted octanol–water partition coefficient (Wildman–Crippen LogP) is 4.16. The van der Waals surface area contributed by atoms with Crippen molar-refractivity contribution in [2.75, 3.05) is 42.9 Å². The fourth-order valence-corrected chi connectivity index (χ4v) is 3.35. The molecule has 1 aliphatic heterocycles. The molecule has 1 aromatic carbocycles. The Bertz CT molecular complexity index is 772. The molecule has 1 N–H and O–H groups in total. The van der Waals surface area contributed by atoms with Crippen LogP contribution in [0.3, 0.4) is 0 Å². The first-order valence-corrected chi connectivity index (χ1v) is 9.90. The summed E-state index contributed by atoms with van der Waals surface area (Å²) < 4.78 is 0. The van der Waals surface area contributed by atoms with E-state index in [0.717, 1.165) is 42.5 Å². The quantitative estimate of drug-likeness (QED) is 0.809. The highest BCUT2D eigenvalue weighted by Crippen LogP contribution is 2.21. The normalized spacial score (nSPS) is 14.5. The number of rotatable bonds is 6. The van der Waals surface area contributed by atoms with Crippen LogP contribution < -0.4 is 10.2 Å². The molecule has 0 atom stereocenters. The molecule has 0 saturated carbocycles. The molecule has 2 aromatic rings. The van der Waals surface area contributed by atoms with Crippen LogP contribution in [0.5, 0.6) is 0 Å². The van der Waals surface area contributed by atoms with Crippen molar-refractivity contribution in [1.82, 2.24) is 9.88 Å². The highest BCUT2D eigenvalue weighted by Gasteiger charge is 2.23. The molecule has 27 heavy (non-hydrogen) atoms. The van der Waals surface area contributed by atoms with Crippen molar-refractivity contribution in [3.8, 4) is 0 Å². The summed E-state index contributed by atoms with van der Waals surface area (Å²) in [6.07, 6.45) is 2.80. The minimum Gasteiger partial charge on any atom is -0.385 e. The molecule has 1 aromatic heterocycles. The number of hydrogen-bond acceptors (Lipinski definition) is 4. The van der Waals surface area contributed by atoms with Crippen molar-refractivity contribution in [2.45, 2.75) is 20.3 Å². The van der Waals surface area contributed by atoms with E-state index in [4.69, 9.17) is 11.6 Å². The van der Waals surface area contributed by atoms with E-state index in [1.807, 2.05) is 35.2 Å². The first-order chi connectivity index (χ1) is 13.0. The summed E-state index contributed by atoms with van der Waals surface area (Å²) in [5.41, 5.74) is 2.55. The van der Waals surface area contributed by atoms with E-state index in [1.165, 1.54) is 0 Å². The standard InChI is InChI=1S/C21H27ClN4O/c1-16(2)6-8-23-18-7-9-24-20(15-18)21(27)26-12-10-25(11-13-26)19-5-3-4-17(22)14-19/h3-5,7,9,14-16H,6,8,10-13H2,1-2H3,(H,23,24). The molecule has 1 aliphatic rings. The Morgan fingerprint density at radius 1 is 1.19 bits per heavy atom. The molecule has 1 amide bonds. The smallest absolute Gasteiger partial charge is 0.272 e. The number of amides is 1. The van der Waals surface area contributed by atoms with Crippen LogP contribution in [-0.4, -0.2) is 48.5 Å². The van der Waals surface area contributed by atoms with E-state index >= 15 is 0 Å². The van der Waals surface area contributed by atoms with Crippen molar-refractivity contribution in [2.24, 2.45) is 5.92 Å². The van der Waals surface area contributed by atoms with Gasteiger partial charge >= 0.3 is 0 Å². The number of hydrogen-bond donors (Lipinski definition) is 1. The number of carbonyl (C=O) groups is 1. The summed E-state index contributed by atoms with van der Waals surface area (Å²) in [4.78, 5) is 21.2. The number of pyridine rings is 1. The van der Waals surface area contributed by atoms with Crippen molar-refractivity contribution < 1.29 is 4.79 Å². The lowest BCUT2D eigenvalue weighted by molar-refractivity contribution is 0.0741. The molecular formula is C21H27ClN4O. The van der Waals surface area contributed by atoms with E-state index < -0.39 is 0 Å². The van der Waals surface area contributed by atoms with Crippen LogP contribution >= 0.6 is 11.6 Å². The zero-order chi connectivity index (χ0) is 19.2. The fourth-order valence-electron chi connectivity index (χ4n) is 3.17. The molecule has 5 nitrogen and oxygen atoms in total. The van der Waals surface area contributed by atoms with Crippen LogP contribution in [0.15, 0.2) is 42.6 Å². The summed E-state index contributed by atoms with van der Waals surface area (Å²) in [5, 5.41) is 4.11. The Morgan fingerprint density at radius 3 is 2.67 bits per heavy atom. The fraction of sp³-hybridized carbons (Fsp3) is 0.429. The highest BCUT2D eigenvalue weighted by molar-refractivity contribution is 6.30. The maximum Gasteiger partial charge on any atom is 0.272 e. The number of benzene rings is 1.